The third-order valence-electron chi connectivity index (χ3n) is 1.89. The Balaban J connectivity index is 2.11. The van der Waals surface area contributed by atoms with Crippen LogP contribution in [0.4, 0.5) is 4.39 Å². The minimum Gasteiger partial charge on any atom is -0.456 e. The monoisotopic (exact) mass is 246 g/mol. The quantitative estimate of drug-likeness (QED) is 0.613. The smallest absolute Gasteiger partial charge is 0.145 e. The summed E-state index contributed by atoms with van der Waals surface area (Å²) in [6.07, 6.45) is 1.49. The molecule has 0 spiro atoms. The van der Waals surface area contributed by atoms with E-state index in [1.165, 1.54) is 18.3 Å². The molecule has 1 heterocycles. The van der Waals surface area contributed by atoms with Crippen molar-refractivity contribution in [3.63, 3.8) is 0 Å². The minimum absolute atomic E-state index is 0.355. The van der Waals surface area contributed by atoms with Gasteiger partial charge in [0.25, 0.3) is 0 Å². The SMILES string of the molecule is N#CSc1ccc(Oc2cccc(F)c2)cn1. The largest absolute Gasteiger partial charge is 0.456 e. The molecule has 84 valence electrons. The van der Waals surface area contributed by atoms with Gasteiger partial charge in [0.05, 0.1) is 6.20 Å². The molecule has 3 nitrogen and oxygen atoms in total. The lowest BCUT2D eigenvalue weighted by atomic mass is 10.3. The van der Waals surface area contributed by atoms with Crippen LogP contribution in [-0.4, -0.2) is 4.98 Å². The molecule has 1 aromatic carbocycles. The molecule has 0 N–H and O–H groups in total. The van der Waals surface area contributed by atoms with Crippen LogP contribution < -0.4 is 4.74 Å². The summed E-state index contributed by atoms with van der Waals surface area (Å²) in [5, 5.41) is 11.0. The second-order valence-electron chi connectivity index (χ2n) is 3.08. The van der Waals surface area contributed by atoms with Crippen molar-refractivity contribution < 1.29 is 9.13 Å². The summed E-state index contributed by atoms with van der Waals surface area (Å²) in [6.45, 7) is 0. The number of nitriles is 1. The number of aromatic nitrogens is 1. The number of nitrogens with zero attached hydrogens (tertiary/aromatic N) is 2. The molecule has 1 aromatic heterocycles. The third-order valence-corrected chi connectivity index (χ3v) is 2.43. The van der Waals surface area contributed by atoms with Crippen molar-refractivity contribution in [2.45, 2.75) is 5.03 Å². The molecule has 2 aromatic rings. The second-order valence-corrected chi connectivity index (χ2v) is 3.89. The topological polar surface area (TPSA) is 45.9 Å². The number of thiocyanates is 1. The summed E-state index contributed by atoms with van der Waals surface area (Å²) >= 11 is 0.972. The summed E-state index contributed by atoms with van der Waals surface area (Å²) < 4.78 is 18.3. The highest BCUT2D eigenvalue weighted by Gasteiger charge is 2.00. The van der Waals surface area contributed by atoms with E-state index < -0.39 is 0 Å². The molecule has 0 radical (unpaired) electrons. The van der Waals surface area contributed by atoms with Crippen LogP contribution in [0.25, 0.3) is 0 Å². The molecular weight excluding hydrogens is 239 g/mol. The second kappa shape index (κ2) is 5.32. The standard InChI is InChI=1S/C12H7FN2OS/c13-9-2-1-3-10(6-9)16-11-4-5-12(15-7-11)17-8-14/h1-7H. The van der Waals surface area contributed by atoms with Gasteiger partial charge in [-0.25, -0.2) is 9.37 Å². The Labute approximate surface area is 102 Å². The van der Waals surface area contributed by atoms with Crippen molar-refractivity contribution in [2.75, 3.05) is 0 Å². The molecular formula is C12H7FN2OS. The zero-order valence-corrected chi connectivity index (χ0v) is 9.45. The first-order valence-corrected chi connectivity index (χ1v) is 5.55. The lowest BCUT2D eigenvalue weighted by Crippen LogP contribution is -1.86. The Hall–Kier alpha value is -2.06. The van der Waals surface area contributed by atoms with Crippen LogP contribution in [0.15, 0.2) is 47.6 Å². The zero-order valence-electron chi connectivity index (χ0n) is 8.63. The van der Waals surface area contributed by atoms with E-state index in [4.69, 9.17) is 10.00 Å². The Bertz CT molecular complexity index is 551. The Morgan fingerprint density at radius 3 is 2.76 bits per heavy atom. The van der Waals surface area contributed by atoms with Gasteiger partial charge in [0.15, 0.2) is 0 Å². The minimum atomic E-state index is -0.355. The third kappa shape index (κ3) is 3.20. The van der Waals surface area contributed by atoms with Crippen LogP contribution in [0, 0.1) is 16.5 Å². The Kier molecular flexibility index (Phi) is 3.58. The molecule has 0 aliphatic rings. The van der Waals surface area contributed by atoms with Crippen LogP contribution in [-0.2, 0) is 0 Å². The van der Waals surface area contributed by atoms with Crippen molar-refractivity contribution in [1.29, 1.82) is 5.26 Å². The number of pyridine rings is 1. The number of halogens is 1. The fraction of sp³-hybridized carbons (Fsp3) is 0. The van der Waals surface area contributed by atoms with Gasteiger partial charge in [-0.05, 0) is 24.3 Å². The summed E-state index contributed by atoms with van der Waals surface area (Å²) in [7, 11) is 0. The van der Waals surface area contributed by atoms with Gasteiger partial charge in [0.1, 0.15) is 27.7 Å². The molecule has 0 saturated carbocycles. The van der Waals surface area contributed by atoms with Crippen molar-refractivity contribution in [3.05, 3.63) is 48.4 Å². The number of hydrogen-bond acceptors (Lipinski definition) is 4. The fourth-order valence-electron chi connectivity index (χ4n) is 1.20. The fourth-order valence-corrected chi connectivity index (χ4v) is 1.54. The molecule has 0 atom stereocenters. The highest BCUT2D eigenvalue weighted by Crippen LogP contribution is 2.23. The van der Waals surface area contributed by atoms with Crippen LogP contribution in [0.1, 0.15) is 0 Å². The first kappa shape index (κ1) is 11.4. The molecule has 5 heteroatoms. The summed E-state index contributed by atoms with van der Waals surface area (Å²) in [5.74, 6) is 0.553. The van der Waals surface area contributed by atoms with Crippen LogP contribution in [0.5, 0.6) is 11.5 Å². The highest BCUT2D eigenvalue weighted by molar-refractivity contribution is 8.03. The maximum atomic E-state index is 12.9. The normalized spacial score (nSPS) is 9.65. The molecule has 0 aliphatic carbocycles. The average Bonchev–Trinajstić information content (AvgIpc) is 2.32. The van der Waals surface area contributed by atoms with E-state index in [9.17, 15) is 4.39 Å². The zero-order chi connectivity index (χ0) is 12.1. The predicted molar refractivity (Wildman–Crippen MR) is 62.2 cm³/mol. The molecule has 0 fully saturated rings. The van der Waals surface area contributed by atoms with Gasteiger partial charge >= 0.3 is 0 Å². The summed E-state index contributed by atoms with van der Waals surface area (Å²) in [4.78, 5) is 4.01. The summed E-state index contributed by atoms with van der Waals surface area (Å²) in [5.41, 5.74) is 0. The van der Waals surface area contributed by atoms with Crippen LogP contribution in [0.2, 0.25) is 0 Å². The molecule has 0 unspecified atom stereocenters. The van der Waals surface area contributed by atoms with Gasteiger partial charge in [-0.15, -0.1) is 0 Å². The van der Waals surface area contributed by atoms with E-state index in [0.29, 0.717) is 16.5 Å². The number of thioether (sulfide) groups is 1. The molecule has 0 bridgehead atoms. The van der Waals surface area contributed by atoms with Crippen LogP contribution in [0.3, 0.4) is 0 Å². The van der Waals surface area contributed by atoms with E-state index in [1.54, 1.807) is 24.3 Å². The Morgan fingerprint density at radius 2 is 2.12 bits per heavy atom. The van der Waals surface area contributed by atoms with Gasteiger partial charge in [-0.3, -0.25) is 0 Å². The molecule has 2 rings (SSSR count). The van der Waals surface area contributed by atoms with E-state index in [1.807, 2.05) is 5.40 Å². The number of rotatable bonds is 3. The van der Waals surface area contributed by atoms with Crippen molar-refractivity contribution in [3.8, 4) is 16.9 Å². The number of benzene rings is 1. The van der Waals surface area contributed by atoms with E-state index in [2.05, 4.69) is 4.98 Å². The Morgan fingerprint density at radius 1 is 1.24 bits per heavy atom. The van der Waals surface area contributed by atoms with Gasteiger partial charge in [-0.1, -0.05) is 6.07 Å². The first-order chi connectivity index (χ1) is 8.28. The molecule has 17 heavy (non-hydrogen) atoms. The highest BCUT2D eigenvalue weighted by atomic mass is 32.2. The van der Waals surface area contributed by atoms with Gasteiger partial charge < -0.3 is 4.74 Å². The lowest BCUT2D eigenvalue weighted by Gasteiger charge is -2.04. The predicted octanol–water partition coefficient (Wildman–Crippen LogP) is 3.59. The summed E-state index contributed by atoms with van der Waals surface area (Å²) in [6, 6.07) is 9.20. The lowest BCUT2D eigenvalue weighted by molar-refractivity contribution is 0.473. The molecule has 0 amide bonds. The number of ether oxygens (including phenoxy) is 1. The van der Waals surface area contributed by atoms with Gasteiger partial charge in [0, 0.05) is 17.8 Å². The molecule has 0 saturated heterocycles. The van der Waals surface area contributed by atoms with E-state index in [-0.39, 0.29) is 5.82 Å². The van der Waals surface area contributed by atoms with Crippen molar-refractivity contribution >= 4 is 11.8 Å². The van der Waals surface area contributed by atoms with Gasteiger partial charge in [-0.2, -0.15) is 5.26 Å². The maximum absolute atomic E-state index is 12.9. The number of hydrogen-bond donors (Lipinski definition) is 0. The molecule has 0 aliphatic heterocycles. The van der Waals surface area contributed by atoms with Crippen molar-refractivity contribution in [1.82, 2.24) is 4.98 Å². The van der Waals surface area contributed by atoms with Crippen molar-refractivity contribution in [2.24, 2.45) is 0 Å². The van der Waals surface area contributed by atoms with Gasteiger partial charge in [0.2, 0.25) is 0 Å². The van der Waals surface area contributed by atoms with E-state index >= 15 is 0 Å². The first-order valence-electron chi connectivity index (χ1n) is 4.73. The van der Waals surface area contributed by atoms with Crippen LogP contribution >= 0.6 is 11.8 Å². The maximum Gasteiger partial charge on any atom is 0.145 e. The average molecular weight is 246 g/mol. The van der Waals surface area contributed by atoms with E-state index in [0.717, 1.165) is 11.8 Å².